The minimum Gasteiger partial charge on any atom is -0.497 e. The molecule has 33 heavy (non-hydrogen) atoms. The van der Waals surface area contributed by atoms with Crippen LogP contribution in [-0.4, -0.2) is 32.6 Å². The number of carbonyl (C=O) groups excluding carboxylic acids is 1. The Morgan fingerprint density at radius 3 is 2.88 bits per heavy atom. The van der Waals surface area contributed by atoms with Crippen LogP contribution in [-0.2, 0) is 13.1 Å². The molecule has 1 saturated carbocycles. The Kier molecular flexibility index (Phi) is 5.75. The number of hydrogen-bond donors (Lipinski definition) is 2. The number of fused-ring (bicyclic) bond motifs is 1. The lowest BCUT2D eigenvalue weighted by Crippen LogP contribution is -2.26. The zero-order chi connectivity index (χ0) is 22.6. The Hall–Kier alpha value is -4.14. The number of methoxy groups -OCH3 is 1. The van der Waals surface area contributed by atoms with Crippen molar-refractivity contribution in [2.75, 3.05) is 12.4 Å². The highest BCUT2D eigenvalue weighted by Gasteiger charge is 2.23. The zero-order valence-electron chi connectivity index (χ0n) is 18.2. The molecule has 1 fully saturated rings. The average molecular weight is 444 g/mol. The lowest BCUT2D eigenvalue weighted by atomic mass is 10.2. The Labute approximate surface area is 190 Å². The topological polar surface area (TPSA) is 103 Å². The molecule has 0 radical (unpaired) electrons. The van der Waals surface area contributed by atoms with Crippen molar-refractivity contribution in [2.45, 2.75) is 31.8 Å². The molecule has 1 aromatic carbocycles. The van der Waals surface area contributed by atoms with E-state index in [1.807, 2.05) is 30.5 Å². The highest BCUT2D eigenvalue weighted by Crippen LogP contribution is 2.39. The number of carbonyl (C=O) groups is 1. The second kappa shape index (κ2) is 9.15. The molecule has 1 aliphatic rings. The van der Waals surface area contributed by atoms with E-state index in [1.54, 1.807) is 13.2 Å². The van der Waals surface area contributed by atoms with Crippen molar-refractivity contribution >= 4 is 17.6 Å². The quantitative estimate of drug-likeness (QED) is 0.425. The maximum Gasteiger partial charge on any atom is 0.414 e. The first-order valence-corrected chi connectivity index (χ1v) is 10.8. The van der Waals surface area contributed by atoms with Gasteiger partial charge in [0.05, 0.1) is 19.3 Å². The van der Waals surface area contributed by atoms with Crippen LogP contribution in [0.25, 0.3) is 5.65 Å². The molecule has 0 spiro atoms. The van der Waals surface area contributed by atoms with Crippen molar-refractivity contribution in [3.05, 3.63) is 78.0 Å². The first-order chi connectivity index (χ1) is 16.2. The van der Waals surface area contributed by atoms with Gasteiger partial charge in [0.25, 0.3) is 0 Å². The van der Waals surface area contributed by atoms with Crippen molar-refractivity contribution in [1.29, 1.82) is 0 Å². The fourth-order valence-corrected chi connectivity index (χ4v) is 3.57. The molecule has 9 heteroatoms. The molecule has 1 amide bonds. The van der Waals surface area contributed by atoms with E-state index in [2.05, 4.69) is 48.3 Å². The first kappa shape index (κ1) is 20.7. The summed E-state index contributed by atoms with van der Waals surface area (Å²) in [5.74, 6) is 2.12. The summed E-state index contributed by atoms with van der Waals surface area (Å²) in [4.78, 5) is 25.0. The fraction of sp³-hybridized carbons (Fsp3) is 0.250. The van der Waals surface area contributed by atoms with E-state index in [4.69, 9.17) is 9.47 Å². The molecule has 4 aromatic rings. The summed E-state index contributed by atoms with van der Waals surface area (Å²) in [6.07, 6.45) is 7.45. The zero-order valence-corrected chi connectivity index (χ0v) is 18.2. The van der Waals surface area contributed by atoms with Crippen molar-refractivity contribution in [1.82, 2.24) is 24.7 Å². The molecule has 0 bridgehead atoms. The number of amides is 1. The molecule has 0 atom stereocenters. The van der Waals surface area contributed by atoms with Gasteiger partial charge in [0.15, 0.2) is 0 Å². The molecule has 1 aliphatic carbocycles. The van der Waals surface area contributed by atoms with Gasteiger partial charge in [0, 0.05) is 25.0 Å². The number of aromatic nitrogens is 4. The number of benzene rings is 1. The van der Waals surface area contributed by atoms with Crippen molar-refractivity contribution in [2.24, 2.45) is 0 Å². The summed E-state index contributed by atoms with van der Waals surface area (Å²) >= 11 is 0. The molecular weight excluding hydrogens is 420 g/mol. The van der Waals surface area contributed by atoms with Gasteiger partial charge in [0.1, 0.15) is 23.5 Å². The molecule has 0 unspecified atom stereocenters. The van der Waals surface area contributed by atoms with Crippen LogP contribution in [0.4, 0.5) is 10.6 Å². The third-order valence-electron chi connectivity index (χ3n) is 5.43. The summed E-state index contributed by atoms with van der Waals surface area (Å²) in [5, 5.41) is 5.90. The molecule has 0 saturated heterocycles. The van der Waals surface area contributed by atoms with Crippen LogP contribution in [0.15, 0.2) is 61.2 Å². The summed E-state index contributed by atoms with van der Waals surface area (Å²) in [6, 6.07) is 13.2. The lowest BCUT2D eigenvalue weighted by molar-refractivity contribution is 0.198. The normalized spacial score (nSPS) is 13.0. The third kappa shape index (κ3) is 5.20. The van der Waals surface area contributed by atoms with Crippen LogP contribution >= 0.6 is 0 Å². The van der Waals surface area contributed by atoms with E-state index in [1.165, 1.54) is 24.7 Å². The monoisotopic (exact) mass is 444 g/mol. The Morgan fingerprint density at radius 1 is 1.12 bits per heavy atom. The van der Waals surface area contributed by atoms with E-state index in [9.17, 15) is 4.79 Å². The van der Waals surface area contributed by atoms with Crippen LogP contribution in [0.3, 0.4) is 0 Å². The van der Waals surface area contributed by atoms with Gasteiger partial charge in [-0.3, -0.25) is 0 Å². The van der Waals surface area contributed by atoms with Crippen LogP contribution in [0.2, 0.25) is 0 Å². The van der Waals surface area contributed by atoms with Crippen LogP contribution < -0.4 is 20.1 Å². The molecule has 3 aromatic heterocycles. The summed E-state index contributed by atoms with van der Waals surface area (Å²) in [5.41, 5.74) is 4.06. The highest BCUT2D eigenvalue weighted by atomic mass is 16.6. The van der Waals surface area contributed by atoms with Gasteiger partial charge in [-0.25, -0.2) is 19.7 Å². The fourth-order valence-electron chi connectivity index (χ4n) is 3.57. The number of hydrogen-bond acceptors (Lipinski definition) is 7. The minimum absolute atomic E-state index is 0.153. The minimum atomic E-state index is -0.603. The Bertz CT molecular complexity index is 1280. The van der Waals surface area contributed by atoms with Crippen molar-refractivity contribution in [3.8, 4) is 11.6 Å². The number of imidazole rings is 1. The molecule has 9 nitrogen and oxygen atoms in total. The Morgan fingerprint density at radius 2 is 2.03 bits per heavy atom. The van der Waals surface area contributed by atoms with Gasteiger partial charge >= 0.3 is 6.09 Å². The second-order valence-electron chi connectivity index (χ2n) is 7.92. The van der Waals surface area contributed by atoms with Gasteiger partial charge in [-0.05, 0) is 48.1 Å². The van der Waals surface area contributed by atoms with Gasteiger partial charge in [0.2, 0.25) is 5.88 Å². The average Bonchev–Trinajstić information content (AvgIpc) is 3.61. The molecular formula is C24H24N6O3. The maximum absolute atomic E-state index is 12.2. The third-order valence-corrected chi connectivity index (χ3v) is 5.43. The van der Waals surface area contributed by atoms with Gasteiger partial charge in [-0.1, -0.05) is 18.2 Å². The molecule has 0 aliphatic heterocycles. The van der Waals surface area contributed by atoms with E-state index >= 15 is 0 Å². The highest BCUT2D eigenvalue weighted by molar-refractivity contribution is 5.70. The predicted octanol–water partition coefficient (Wildman–Crippen LogP) is 3.91. The largest absolute Gasteiger partial charge is 0.497 e. The van der Waals surface area contributed by atoms with E-state index < -0.39 is 6.09 Å². The van der Waals surface area contributed by atoms with Crippen LogP contribution in [0, 0.1) is 0 Å². The van der Waals surface area contributed by atoms with E-state index in [-0.39, 0.29) is 5.88 Å². The molecule has 2 N–H and O–H groups in total. The number of anilines is 1. The first-order valence-electron chi connectivity index (χ1n) is 10.8. The van der Waals surface area contributed by atoms with E-state index in [0.29, 0.717) is 24.8 Å². The van der Waals surface area contributed by atoms with Gasteiger partial charge in [-0.2, -0.15) is 0 Å². The second-order valence-corrected chi connectivity index (χ2v) is 7.92. The SMILES string of the molecule is COc1cccc(CNC(=O)Oc2cc(NCc3cn4cc(C5CC5)ccc4n3)ncn2)c1. The van der Waals surface area contributed by atoms with Crippen LogP contribution in [0.1, 0.15) is 35.6 Å². The smallest absolute Gasteiger partial charge is 0.414 e. The van der Waals surface area contributed by atoms with Crippen molar-refractivity contribution in [3.63, 3.8) is 0 Å². The molecule has 5 rings (SSSR count). The summed E-state index contributed by atoms with van der Waals surface area (Å²) in [7, 11) is 1.60. The van der Waals surface area contributed by atoms with Gasteiger partial charge in [-0.15, -0.1) is 0 Å². The summed E-state index contributed by atoms with van der Waals surface area (Å²) in [6.45, 7) is 0.793. The standard InChI is InChI=1S/C24H24N6O3/c1-32-20-4-2-3-16(9-20)11-26-24(31)33-23-10-21(27-15-28-23)25-12-19-14-30-13-18(17-5-6-17)7-8-22(30)29-19/h2-4,7-10,13-15,17H,5-6,11-12H2,1H3,(H,26,31)(H,25,27,28). The van der Waals surface area contributed by atoms with Gasteiger partial charge < -0.3 is 24.5 Å². The van der Waals surface area contributed by atoms with E-state index in [0.717, 1.165) is 22.7 Å². The molecule has 168 valence electrons. The number of nitrogens with one attached hydrogen (secondary N) is 2. The maximum atomic E-state index is 12.2. The number of nitrogens with zero attached hydrogens (tertiary/aromatic N) is 4. The van der Waals surface area contributed by atoms with Crippen LogP contribution in [0.5, 0.6) is 11.6 Å². The predicted molar refractivity (Wildman–Crippen MR) is 122 cm³/mol. The number of ether oxygens (including phenoxy) is 2. The Balaban J connectivity index is 1.16. The lowest BCUT2D eigenvalue weighted by Gasteiger charge is -2.08. The van der Waals surface area contributed by atoms with Crippen molar-refractivity contribution < 1.29 is 14.3 Å². The molecule has 3 heterocycles. The number of rotatable bonds is 8. The summed E-state index contributed by atoms with van der Waals surface area (Å²) < 4.78 is 12.5. The number of pyridine rings is 1.